The molecule has 0 radical (unpaired) electrons. The minimum atomic E-state index is -0.480. The minimum absolute atomic E-state index is 0.224. The average molecular weight is 433 g/mol. The molecule has 0 saturated carbocycles. The van der Waals surface area contributed by atoms with Gasteiger partial charge in [0.1, 0.15) is 18.2 Å². The standard InChI is InChI=1S/C23H20FN5O3/c1-14(22-27-18-4-2-3-5-19(18)28-22)25-23(32)15-6-11-21(31)29(12-15)13-20(30)26-17-9-7-16(24)8-10-17/h2-12,14H,13H2,1H3,(H,25,32)(H,26,30)(H,27,28)/t14-/m0/s1. The molecule has 0 spiro atoms. The predicted molar refractivity (Wildman–Crippen MR) is 118 cm³/mol. The van der Waals surface area contributed by atoms with Gasteiger partial charge >= 0.3 is 0 Å². The van der Waals surface area contributed by atoms with E-state index in [0.717, 1.165) is 15.6 Å². The van der Waals surface area contributed by atoms with Crippen LogP contribution in [0.1, 0.15) is 29.1 Å². The zero-order valence-electron chi connectivity index (χ0n) is 17.1. The molecule has 32 heavy (non-hydrogen) atoms. The molecule has 2 heterocycles. The summed E-state index contributed by atoms with van der Waals surface area (Å²) in [6.07, 6.45) is 1.33. The molecule has 2 amide bonds. The number of nitrogens with one attached hydrogen (secondary N) is 3. The fourth-order valence-electron chi connectivity index (χ4n) is 3.20. The van der Waals surface area contributed by atoms with Crippen molar-refractivity contribution >= 4 is 28.5 Å². The van der Waals surface area contributed by atoms with Crippen LogP contribution in [-0.2, 0) is 11.3 Å². The number of H-pyrrole nitrogens is 1. The Hall–Kier alpha value is -4.27. The number of rotatable bonds is 6. The van der Waals surface area contributed by atoms with Gasteiger partial charge in [-0.2, -0.15) is 0 Å². The summed E-state index contributed by atoms with van der Waals surface area (Å²) in [5.74, 6) is -0.709. The first-order valence-corrected chi connectivity index (χ1v) is 9.90. The number of nitrogens with zero attached hydrogens (tertiary/aromatic N) is 2. The van der Waals surface area contributed by atoms with Crippen LogP contribution in [0.3, 0.4) is 0 Å². The van der Waals surface area contributed by atoms with Crippen molar-refractivity contribution in [1.29, 1.82) is 0 Å². The predicted octanol–water partition coefficient (Wildman–Crippen LogP) is 2.99. The third-order valence-corrected chi connectivity index (χ3v) is 4.85. The molecule has 0 saturated heterocycles. The Morgan fingerprint density at radius 1 is 1.09 bits per heavy atom. The Kier molecular flexibility index (Phi) is 5.80. The molecule has 162 valence electrons. The molecule has 1 atom stereocenters. The first kappa shape index (κ1) is 21.0. The van der Waals surface area contributed by atoms with Gasteiger partial charge in [-0.25, -0.2) is 9.37 Å². The van der Waals surface area contributed by atoms with Crippen molar-refractivity contribution < 1.29 is 14.0 Å². The van der Waals surface area contributed by atoms with Crippen LogP contribution in [0.2, 0.25) is 0 Å². The van der Waals surface area contributed by atoms with Crippen LogP contribution in [0.25, 0.3) is 11.0 Å². The third kappa shape index (κ3) is 4.72. The van der Waals surface area contributed by atoms with Gasteiger partial charge in [-0.3, -0.25) is 14.4 Å². The first-order valence-electron chi connectivity index (χ1n) is 9.90. The average Bonchev–Trinajstić information content (AvgIpc) is 3.21. The summed E-state index contributed by atoms with van der Waals surface area (Å²) >= 11 is 0. The molecule has 2 aromatic carbocycles. The van der Waals surface area contributed by atoms with E-state index in [2.05, 4.69) is 20.6 Å². The highest BCUT2D eigenvalue weighted by Gasteiger charge is 2.16. The third-order valence-electron chi connectivity index (χ3n) is 4.85. The number of aromatic nitrogens is 3. The van der Waals surface area contributed by atoms with Gasteiger partial charge in [0, 0.05) is 18.0 Å². The van der Waals surface area contributed by atoms with Gasteiger partial charge in [0.05, 0.1) is 22.6 Å². The monoisotopic (exact) mass is 433 g/mol. The van der Waals surface area contributed by atoms with Crippen molar-refractivity contribution in [1.82, 2.24) is 19.9 Å². The Labute approximate surface area is 182 Å². The Morgan fingerprint density at radius 3 is 2.59 bits per heavy atom. The molecule has 0 aliphatic heterocycles. The lowest BCUT2D eigenvalue weighted by Crippen LogP contribution is -2.31. The maximum absolute atomic E-state index is 13.0. The van der Waals surface area contributed by atoms with Crippen molar-refractivity contribution in [2.24, 2.45) is 0 Å². The van der Waals surface area contributed by atoms with E-state index >= 15 is 0 Å². The number of fused-ring (bicyclic) bond motifs is 1. The van der Waals surface area contributed by atoms with E-state index in [0.29, 0.717) is 11.5 Å². The van der Waals surface area contributed by atoms with Gasteiger partial charge in [0.2, 0.25) is 5.91 Å². The van der Waals surface area contributed by atoms with Crippen LogP contribution in [0.5, 0.6) is 0 Å². The number of pyridine rings is 1. The summed E-state index contributed by atoms with van der Waals surface area (Å²) in [6, 6.07) is 15.0. The second-order valence-corrected chi connectivity index (χ2v) is 7.27. The van der Waals surface area contributed by atoms with E-state index in [1.807, 2.05) is 24.3 Å². The maximum Gasteiger partial charge on any atom is 0.253 e. The number of anilines is 1. The Morgan fingerprint density at radius 2 is 1.84 bits per heavy atom. The van der Waals surface area contributed by atoms with E-state index in [-0.39, 0.29) is 12.1 Å². The SMILES string of the molecule is C[C@H](NC(=O)c1ccc(=O)n(CC(=O)Nc2ccc(F)cc2)c1)c1nc2ccccc2[nH]1. The normalized spacial score (nSPS) is 11.8. The molecule has 0 bridgehead atoms. The lowest BCUT2D eigenvalue weighted by molar-refractivity contribution is -0.116. The zero-order chi connectivity index (χ0) is 22.7. The van der Waals surface area contributed by atoms with Gasteiger partial charge in [-0.05, 0) is 49.4 Å². The van der Waals surface area contributed by atoms with Crippen LogP contribution in [0.15, 0.2) is 71.7 Å². The lowest BCUT2D eigenvalue weighted by Gasteiger charge is -2.13. The van der Waals surface area contributed by atoms with Gasteiger partial charge < -0.3 is 20.2 Å². The lowest BCUT2D eigenvalue weighted by atomic mass is 10.2. The first-order chi connectivity index (χ1) is 15.4. The van der Waals surface area contributed by atoms with Crippen molar-refractivity contribution in [2.75, 3.05) is 5.32 Å². The molecular formula is C23H20FN5O3. The second kappa shape index (κ2) is 8.84. The van der Waals surface area contributed by atoms with E-state index < -0.39 is 29.2 Å². The van der Waals surface area contributed by atoms with Crippen LogP contribution < -0.4 is 16.2 Å². The zero-order valence-corrected chi connectivity index (χ0v) is 17.1. The van der Waals surface area contributed by atoms with Crippen LogP contribution in [0.4, 0.5) is 10.1 Å². The number of hydrogen-bond acceptors (Lipinski definition) is 4. The quantitative estimate of drug-likeness (QED) is 0.434. The topological polar surface area (TPSA) is 109 Å². The summed E-state index contributed by atoms with van der Waals surface area (Å²) in [5, 5.41) is 5.42. The van der Waals surface area contributed by atoms with E-state index in [4.69, 9.17) is 0 Å². The number of imidazole rings is 1. The molecule has 9 heteroatoms. The number of carbonyl (C=O) groups is 2. The molecule has 4 aromatic rings. The molecule has 0 unspecified atom stereocenters. The second-order valence-electron chi connectivity index (χ2n) is 7.27. The molecule has 0 aliphatic carbocycles. The summed E-state index contributed by atoms with van der Waals surface area (Å²) < 4.78 is 14.1. The minimum Gasteiger partial charge on any atom is -0.342 e. The molecule has 2 aromatic heterocycles. The van der Waals surface area contributed by atoms with Gasteiger partial charge in [-0.15, -0.1) is 0 Å². The van der Waals surface area contributed by atoms with Crippen LogP contribution in [-0.4, -0.2) is 26.3 Å². The summed E-state index contributed by atoms with van der Waals surface area (Å²) in [5.41, 5.74) is 1.86. The number of aromatic amines is 1. The maximum atomic E-state index is 13.0. The fourth-order valence-corrected chi connectivity index (χ4v) is 3.20. The van der Waals surface area contributed by atoms with Crippen LogP contribution in [0, 0.1) is 5.82 Å². The van der Waals surface area contributed by atoms with Crippen molar-refractivity contribution in [3.8, 4) is 0 Å². The smallest absolute Gasteiger partial charge is 0.253 e. The highest BCUT2D eigenvalue weighted by Crippen LogP contribution is 2.16. The molecular weight excluding hydrogens is 413 g/mol. The number of halogens is 1. The summed E-state index contributed by atoms with van der Waals surface area (Å²) in [7, 11) is 0. The Bertz CT molecular complexity index is 1310. The molecule has 0 aliphatic rings. The number of carbonyl (C=O) groups excluding carboxylic acids is 2. The van der Waals surface area contributed by atoms with Gasteiger partial charge in [-0.1, -0.05) is 12.1 Å². The van der Waals surface area contributed by atoms with E-state index in [1.165, 1.54) is 42.6 Å². The molecule has 0 fully saturated rings. The van der Waals surface area contributed by atoms with Gasteiger partial charge in [0.25, 0.3) is 11.5 Å². The highest BCUT2D eigenvalue weighted by molar-refractivity contribution is 5.94. The molecule has 3 N–H and O–H groups in total. The van der Waals surface area contributed by atoms with E-state index in [1.54, 1.807) is 6.92 Å². The highest BCUT2D eigenvalue weighted by atomic mass is 19.1. The van der Waals surface area contributed by atoms with Crippen molar-refractivity contribution in [2.45, 2.75) is 19.5 Å². The number of benzene rings is 2. The summed E-state index contributed by atoms with van der Waals surface area (Å²) in [4.78, 5) is 44.8. The fraction of sp³-hybridized carbons (Fsp3) is 0.130. The number of hydrogen-bond donors (Lipinski definition) is 3. The number of amides is 2. The summed E-state index contributed by atoms with van der Waals surface area (Å²) in [6.45, 7) is 1.50. The molecule has 4 rings (SSSR count). The van der Waals surface area contributed by atoms with Crippen molar-refractivity contribution in [3.63, 3.8) is 0 Å². The van der Waals surface area contributed by atoms with Gasteiger partial charge in [0.15, 0.2) is 0 Å². The molecule has 8 nitrogen and oxygen atoms in total. The largest absolute Gasteiger partial charge is 0.342 e. The number of para-hydroxylation sites is 2. The van der Waals surface area contributed by atoms with Crippen molar-refractivity contribution in [3.05, 3.63) is 94.4 Å². The van der Waals surface area contributed by atoms with E-state index in [9.17, 15) is 18.8 Å². The Balaban J connectivity index is 1.45. The van der Waals surface area contributed by atoms with Crippen LogP contribution >= 0.6 is 0 Å².